The van der Waals surface area contributed by atoms with Gasteiger partial charge in [-0.1, -0.05) is 79.8 Å². The first kappa shape index (κ1) is 9.97. The Morgan fingerprint density at radius 2 is 1.43 bits per heavy atom. The molecule has 1 aromatic rings. The Kier molecular flexibility index (Phi) is 3.07. The molecular weight excluding hydrogens is 184 g/mol. The third-order valence-electron chi connectivity index (χ3n) is 3.68. The molecule has 0 unspecified atom stereocenters. The summed E-state index contributed by atoms with van der Waals surface area (Å²) in [7, 11) is -1.06. The van der Waals surface area contributed by atoms with Crippen molar-refractivity contribution in [1.82, 2.24) is 0 Å². The minimum absolute atomic E-state index is 1.06. The van der Waals surface area contributed by atoms with Crippen LogP contribution in [0.15, 0.2) is 30.3 Å². The van der Waals surface area contributed by atoms with Crippen LogP contribution < -0.4 is 5.19 Å². The molecule has 0 aliphatic carbocycles. The molecular formula is C13H20Si. The lowest BCUT2D eigenvalue weighted by molar-refractivity contribution is 0.720. The molecule has 0 aromatic heterocycles. The van der Waals surface area contributed by atoms with Gasteiger partial charge in [0.05, 0.1) is 8.07 Å². The summed E-state index contributed by atoms with van der Waals surface area (Å²) in [5.41, 5.74) is 0. The van der Waals surface area contributed by atoms with Crippen LogP contribution in [0.25, 0.3) is 0 Å². The normalized spacial score (nSPS) is 21.5. The van der Waals surface area contributed by atoms with Crippen molar-refractivity contribution in [2.24, 2.45) is 0 Å². The minimum atomic E-state index is -1.06. The molecule has 0 nitrogen and oxygen atoms in total. The molecule has 1 aliphatic rings. The summed E-state index contributed by atoms with van der Waals surface area (Å²) in [4.78, 5) is 0. The van der Waals surface area contributed by atoms with Crippen LogP contribution in [0.5, 0.6) is 0 Å². The van der Waals surface area contributed by atoms with Gasteiger partial charge in [-0.05, 0) is 0 Å². The zero-order valence-electron chi connectivity index (χ0n) is 9.13. The van der Waals surface area contributed by atoms with Crippen molar-refractivity contribution < 1.29 is 0 Å². The summed E-state index contributed by atoms with van der Waals surface area (Å²) in [5.74, 6) is 0. The molecule has 0 N–H and O–H groups in total. The van der Waals surface area contributed by atoms with Gasteiger partial charge in [0.25, 0.3) is 0 Å². The van der Waals surface area contributed by atoms with Gasteiger partial charge in [0.2, 0.25) is 0 Å². The van der Waals surface area contributed by atoms with Crippen molar-refractivity contribution in [3.8, 4) is 0 Å². The van der Waals surface area contributed by atoms with Crippen molar-refractivity contribution in [1.29, 1.82) is 0 Å². The van der Waals surface area contributed by atoms with E-state index in [1.807, 2.05) is 0 Å². The first-order valence-electron chi connectivity index (χ1n) is 5.87. The average Bonchev–Trinajstić information content (AvgIpc) is 2.46. The maximum absolute atomic E-state index is 2.58. The van der Waals surface area contributed by atoms with E-state index in [1.165, 1.54) is 37.8 Å². The molecule has 76 valence electrons. The summed E-state index contributed by atoms with van der Waals surface area (Å²) < 4.78 is 0. The van der Waals surface area contributed by atoms with E-state index in [9.17, 15) is 0 Å². The molecule has 1 aliphatic heterocycles. The molecule has 0 amide bonds. The van der Waals surface area contributed by atoms with Crippen LogP contribution in [0.1, 0.15) is 25.7 Å². The molecule has 1 heteroatoms. The van der Waals surface area contributed by atoms with Crippen molar-refractivity contribution in [3.05, 3.63) is 30.3 Å². The fourth-order valence-electron chi connectivity index (χ4n) is 2.64. The van der Waals surface area contributed by atoms with E-state index in [-0.39, 0.29) is 0 Å². The van der Waals surface area contributed by atoms with Gasteiger partial charge >= 0.3 is 0 Å². The molecule has 1 saturated heterocycles. The molecule has 0 atom stereocenters. The topological polar surface area (TPSA) is 0 Å². The number of benzene rings is 1. The lowest BCUT2D eigenvalue weighted by Crippen LogP contribution is -2.43. The maximum atomic E-state index is 2.58. The van der Waals surface area contributed by atoms with Crippen LogP contribution in [0, 0.1) is 0 Å². The highest BCUT2D eigenvalue weighted by Gasteiger charge is 2.29. The van der Waals surface area contributed by atoms with Crippen LogP contribution in [0.4, 0.5) is 0 Å². The Balaban J connectivity index is 2.21. The van der Waals surface area contributed by atoms with Crippen molar-refractivity contribution in [3.63, 3.8) is 0 Å². The Morgan fingerprint density at radius 1 is 0.857 bits per heavy atom. The van der Waals surface area contributed by atoms with E-state index in [4.69, 9.17) is 0 Å². The second-order valence-electron chi connectivity index (χ2n) is 4.84. The molecule has 1 heterocycles. The molecule has 0 spiro atoms. The van der Waals surface area contributed by atoms with Gasteiger partial charge in [0, 0.05) is 0 Å². The lowest BCUT2D eigenvalue weighted by atomic mass is 10.2. The largest absolute Gasteiger partial charge is 0.0836 e. The zero-order valence-corrected chi connectivity index (χ0v) is 10.1. The quantitative estimate of drug-likeness (QED) is 0.614. The van der Waals surface area contributed by atoms with Crippen molar-refractivity contribution in [2.75, 3.05) is 0 Å². The highest BCUT2D eigenvalue weighted by atomic mass is 28.3. The van der Waals surface area contributed by atoms with Gasteiger partial charge < -0.3 is 0 Å². The van der Waals surface area contributed by atoms with Crippen LogP contribution in [-0.2, 0) is 0 Å². The Labute approximate surface area is 88.4 Å². The van der Waals surface area contributed by atoms with Gasteiger partial charge in [-0.2, -0.15) is 0 Å². The predicted molar refractivity (Wildman–Crippen MR) is 65.8 cm³/mol. The van der Waals surface area contributed by atoms with Gasteiger partial charge in [0.15, 0.2) is 0 Å². The second-order valence-corrected chi connectivity index (χ2v) is 9.54. The van der Waals surface area contributed by atoms with E-state index in [0.29, 0.717) is 0 Å². The Hall–Kier alpha value is -0.563. The molecule has 0 bridgehead atoms. The van der Waals surface area contributed by atoms with Crippen molar-refractivity contribution >= 4 is 13.3 Å². The molecule has 14 heavy (non-hydrogen) atoms. The minimum Gasteiger partial charge on any atom is -0.0652 e. The second kappa shape index (κ2) is 4.31. The van der Waals surface area contributed by atoms with Crippen LogP contribution in [0.3, 0.4) is 0 Å². The predicted octanol–water partition coefficient (Wildman–Crippen LogP) is 3.55. The van der Waals surface area contributed by atoms with E-state index in [1.54, 1.807) is 5.19 Å². The summed E-state index contributed by atoms with van der Waals surface area (Å²) in [6.07, 6.45) is 5.88. The smallest absolute Gasteiger partial charge is 0.0652 e. The number of hydrogen-bond donors (Lipinski definition) is 0. The van der Waals surface area contributed by atoms with Crippen LogP contribution in [0.2, 0.25) is 18.6 Å². The van der Waals surface area contributed by atoms with Gasteiger partial charge in [-0.25, -0.2) is 0 Å². The van der Waals surface area contributed by atoms with Gasteiger partial charge in [-0.3, -0.25) is 0 Å². The van der Waals surface area contributed by atoms with Crippen LogP contribution >= 0.6 is 0 Å². The average molecular weight is 204 g/mol. The molecule has 1 fully saturated rings. The third-order valence-corrected chi connectivity index (χ3v) is 8.32. The maximum Gasteiger partial charge on any atom is 0.0836 e. The molecule has 2 rings (SSSR count). The molecule has 0 saturated carbocycles. The highest BCUT2D eigenvalue weighted by molar-refractivity contribution is 6.90. The van der Waals surface area contributed by atoms with E-state index >= 15 is 0 Å². The highest BCUT2D eigenvalue weighted by Crippen LogP contribution is 2.26. The lowest BCUT2D eigenvalue weighted by Gasteiger charge is -2.26. The summed E-state index contributed by atoms with van der Waals surface area (Å²) in [6.45, 7) is 2.58. The van der Waals surface area contributed by atoms with Crippen molar-refractivity contribution in [2.45, 2.75) is 44.3 Å². The Morgan fingerprint density at radius 3 is 2.00 bits per heavy atom. The third kappa shape index (κ3) is 2.09. The number of rotatable bonds is 1. The van der Waals surface area contributed by atoms with E-state index in [2.05, 4.69) is 36.9 Å². The first-order chi connectivity index (χ1) is 6.81. The Bertz CT molecular complexity index is 271. The SMILES string of the molecule is C[Si]1(c2ccccc2)CCCCCC1. The number of hydrogen-bond acceptors (Lipinski definition) is 0. The van der Waals surface area contributed by atoms with Crippen LogP contribution in [-0.4, -0.2) is 8.07 Å². The van der Waals surface area contributed by atoms with Gasteiger partial charge in [-0.15, -0.1) is 0 Å². The summed E-state index contributed by atoms with van der Waals surface area (Å²) in [5, 5.41) is 1.68. The fraction of sp³-hybridized carbons (Fsp3) is 0.538. The monoisotopic (exact) mass is 204 g/mol. The standard InChI is InChI=1S/C13H20Si/c1-14(11-7-2-3-8-12-14)13-9-5-4-6-10-13/h4-6,9-10H,2-3,7-8,11-12H2,1H3. The van der Waals surface area contributed by atoms with Gasteiger partial charge in [0.1, 0.15) is 0 Å². The molecule has 0 radical (unpaired) electrons. The summed E-state index contributed by atoms with van der Waals surface area (Å²) in [6, 6.07) is 14.3. The zero-order chi connectivity index (χ0) is 9.86. The summed E-state index contributed by atoms with van der Waals surface area (Å²) >= 11 is 0. The van der Waals surface area contributed by atoms with E-state index < -0.39 is 8.07 Å². The van der Waals surface area contributed by atoms with E-state index in [0.717, 1.165) is 0 Å². The molecule has 1 aromatic carbocycles. The first-order valence-corrected chi connectivity index (χ1v) is 8.78. The fourth-order valence-corrected chi connectivity index (χ4v) is 6.52.